The summed E-state index contributed by atoms with van der Waals surface area (Å²) in [5, 5.41) is 9.01. The van der Waals surface area contributed by atoms with Crippen LogP contribution in [0.25, 0.3) is 0 Å². The zero-order valence-corrected chi connectivity index (χ0v) is 10.1. The van der Waals surface area contributed by atoms with Crippen LogP contribution in [0.1, 0.15) is 11.1 Å². The van der Waals surface area contributed by atoms with Gasteiger partial charge in [-0.1, -0.05) is 17.8 Å². The Hall–Kier alpha value is -1.79. The van der Waals surface area contributed by atoms with Crippen molar-refractivity contribution in [2.24, 2.45) is 0 Å². The number of nitriles is 1. The molecule has 0 aliphatic rings. The summed E-state index contributed by atoms with van der Waals surface area (Å²) in [6, 6.07) is 14.1. The number of halogens is 1. The largest absolute Gasteiger partial charge is 0.207 e. The summed E-state index contributed by atoms with van der Waals surface area (Å²) in [6.07, 6.45) is 0. The monoisotopic (exact) mass is 243 g/mol. The molecule has 0 N–H and O–H groups in total. The van der Waals surface area contributed by atoms with Gasteiger partial charge in [0.05, 0.1) is 5.56 Å². The number of hydrogen-bond acceptors (Lipinski definition) is 2. The highest BCUT2D eigenvalue weighted by Gasteiger charge is 2.04. The van der Waals surface area contributed by atoms with Gasteiger partial charge in [-0.25, -0.2) is 4.39 Å². The van der Waals surface area contributed by atoms with Crippen molar-refractivity contribution in [1.29, 1.82) is 5.26 Å². The van der Waals surface area contributed by atoms with Crippen molar-refractivity contribution < 1.29 is 4.39 Å². The van der Waals surface area contributed by atoms with E-state index in [2.05, 4.69) is 6.07 Å². The number of rotatable bonds is 2. The van der Waals surface area contributed by atoms with E-state index in [0.29, 0.717) is 5.56 Å². The highest BCUT2D eigenvalue weighted by molar-refractivity contribution is 7.99. The summed E-state index contributed by atoms with van der Waals surface area (Å²) in [6.45, 7) is 1.98. The molecular formula is C14H10FNS. The van der Waals surface area contributed by atoms with Crippen molar-refractivity contribution in [2.45, 2.75) is 16.7 Å². The van der Waals surface area contributed by atoms with Crippen LogP contribution in [0, 0.1) is 24.1 Å². The first kappa shape index (κ1) is 11.7. The molecule has 2 rings (SSSR count). The highest BCUT2D eigenvalue weighted by Crippen LogP contribution is 2.30. The fourth-order valence-electron chi connectivity index (χ4n) is 1.44. The number of nitrogens with zero attached hydrogens (tertiary/aromatic N) is 1. The molecule has 2 aromatic rings. The molecule has 0 unspecified atom stereocenters. The molecule has 3 heteroatoms. The molecule has 0 spiro atoms. The first-order valence-electron chi connectivity index (χ1n) is 5.13. The van der Waals surface area contributed by atoms with Gasteiger partial charge in [0.1, 0.15) is 11.9 Å². The van der Waals surface area contributed by atoms with Crippen molar-refractivity contribution in [3.05, 3.63) is 59.4 Å². The van der Waals surface area contributed by atoms with Crippen molar-refractivity contribution in [2.75, 3.05) is 0 Å². The Kier molecular flexibility index (Phi) is 3.46. The van der Waals surface area contributed by atoms with Gasteiger partial charge >= 0.3 is 0 Å². The Labute approximate surface area is 104 Å². The second-order valence-corrected chi connectivity index (χ2v) is 4.78. The van der Waals surface area contributed by atoms with E-state index < -0.39 is 0 Å². The first-order valence-corrected chi connectivity index (χ1v) is 5.95. The molecule has 0 amide bonds. The van der Waals surface area contributed by atoms with Gasteiger partial charge in [-0.05, 0) is 48.9 Å². The minimum atomic E-state index is -0.251. The van der Waals surface area contributed by atoms with E-state index in [9.17, 15) is 4.39 Å². The molecule has 0 heterocycles. The fraction of sp³-hybridized carbons (Fsp3) is 0.0714. The second kappa shape index (κ2) is 5.03. The summed E-state index contributed by atoms with van der Waals surface area (Å²) in [4.78, 5) is 1.83. The SMILES string of the molecule is Cc1ccc(C#N)c(Sc2ccc(F)cc2)c1. The van der Waals surface area contributed by atoms with Gasteiger partial charge in [0.2, 0.25) is 0 Å². The lowest BCUT2D eigenvalue weighted by atomic mass is 10.2. The lowest BCUT2D eigenvalue weighted by Crippen LogP contribution is -1.83. The normalized spacial score (nSPS) is 9.94. The van der Waals surface area contributed by atoms with Gasteiger partial charge in [-0.3, -0.25) is 0 Å². The molecule has 0 aromatic heterocycles. The Morgan fingerprint density at radius 2 is 1.82 bits per heavy atom. The third-order valence-electron chi connectivity index (χ3n) is 2.30. The van der Waals surface area contributed by atoms with Crippen LogP contribution < -0.4 is 0 Å². The summed E-state index contributed by atoms with van der Waals surface area (Å²) in [5.74, 6) is -0.251. The highest BCUT2D eigenvalue weighted by atomic mass is 32.2. The summed E-state index contributed by atoms with van der Waals surface area (Å²) in [7, 11) is 0. The zero-order chi connectivity index (χ0) is 12.3. The van der Waals surface area contributed by atoms with Gasteiger partial charge in [0.25, 0.3) is 0 Å². The third-order valence-corrected chi connectivity index (χ3v) is 3.36. The van der Waals surface area contributed by atoms with Crippen LogP contribution in [0.5, 0.6) is 0 Å². The molecule has 2 aromatic carbocycles. The maximum Gasteiger partial charge on any atom is 0.123 e. The fourth-order valence-corrected chi connectivity index (χ4v) is 2.43. The number of aryl methyl sites for hydroxylation is 1. The van der Waals surface area contributed by atoms with E-state index in [0.717, 1.165) is 15.4 Å². The lowest BCUT2D eigenvalue weighted by Gasteiger charge is -2.05. The lowest BCUT2D eigenvalue weighted by molar-refractivity contribution is 0.626. The van der Waals surface area contributed by atoms with E-state index in [1.165, 1.54) is 23.9 Å². The molecule has 0 aliphatic heterocycles. The van der Waals surface area contributed by atoms with Gasteiger partial charge in [0.15, 0.2) is 0 Å². The van der Waals surface area contributed by atoms with Crippen molar-refractivity contribution in [3.8, 4) is 6.07 Å². The maximum atomic E-state index is 12.8. The molecule has 0 saturated heterocycles. The second-order valence-electron chi connectivity index (χ2n) is 3.67. The minimum absolute atomic E-state index is 0.251. The molecule has 84 valence electrons. The number of hydrogen-bond donors (Lipinski definition) is 0. The molecule has 1 nitrogen and oxygen atoms in total. The average molecular weight is 243 g/mol. The Bertz CT molecular complexity index is 570. The van der Waals surface area contributed by atoms with Crippen LogP contribution in [0.4, 0.5) is 4.39 Å². The van der Waals surface area contributed by atoms with Crippen LogP contribution in [0.3, 0.4) is 0 Å². The maximum absolute atomic E-state index is 12.8. The van der Waals surface area contributed by atoms with E-state index in [1.54, 1.807) is 18.2 Å². The van der Waals surface area contributed by atoms with Gasteiger partial charge in [0, 0.05) is 9.79 Å². The van der Waals surface area contributed by atoms with Gasteiger partial charge in [-0.2, -0.15) is 5.26 Å². The molecule has 0 fully saturated rings. The Morgan fingerprint density at radius 3 is 2.47 bits per heavy atom. The quantitative estimate of drug-likeness (QED) is 0.790. The third kappa shape index (κ3) is 2.86. The standard InChI is InChI=1S/C14H10FNS/c1-10-2-3-11(9-16)14(8-10)17-13-6-4-12(15)5-7-13/h2-8H,1H3. The van der Waals surface area contributed by atoms with Crippen LogP contribution in [-0.4, -0.2) is 0 Å². The number of benzene rings is 2. The van der Waals surface area contributed by atoms with E-state index in [-0.39, 0.29) is 5.82 Å². The predicted molar refractivity (Wildman–Crippen MR) is 66.4 cm³/mol. The van der Waals surface area contributed by atoms with Crippen LogP contribution >= 0.6 is 11.8 Å². The van der Waals surface area contributed by atoms with Crippen LogP contribution in [0.15, 0.2) is 52.3 Å². The first-order chi connectivity index (χ1) is 8.19. The van der Waals surface area contributed by atoms with E-state index in [4.69, 9.17) is 5.26 Å². The topological polar surface area (TPSA) is 23.8 Å². The molecule has 0 aliphatic carbocycles. The van der Waals surface area contributed by atoms with Crippen molar-refractivity contribution >= 4 is 11.8 Å². The Balaban J connectivity index is 2.32. The van der Waals surface area contributed by atoms with E-state index >= 15 is 0 Å². The average Bonchev–Trinajstić information content (AvgIpc) is 2.32. The molecule has 0 atom stereocenters. The molecular weight excluding hydrogens is 233 g/mol. The zero-order valence-electron chi connectivity index (χ0n) is 9.27. The van der Waals surface area contributed by atoms with Crippen LogP contribution in [-0.2, 0) is 0 Å². The summed E-state index contributed by atoms with van der Waals surface area (Å²) < 4.78 is 12.8. The molecule has 0 bridgehead atoms. The molecule has 0 saturated carbocycles. The minimum Gasteiger partial charge on any atom is -0.207 e. The van der Waals surface area contributed by atoms with Gasteiger partial charge < -0.3 is 0 Å². The van der Waals surface area contributed by atoms with Crippen molar-refractivity contribution in [1.82, 2.24) is 0 Å². The summed E-state index contributed by atoms with van der Waals surface area (Å²) >= 11 is 1.47. The molecule has 0 radical (unpaired) electrons. The predicted octanol–water partition coefficient (Wildman–Crippen LogP) is 4.16. The molecule has 17 heavy (non-hydrogen) atoms. The van der Waals surface area contributed by atoms with Crippen molar-refractivity contribution in [3.63, 3.8) is 0 Å². The van der Waals surface area contributed by atoms with E-state index in [1.807, 2.05) is 19.1 Å². The van der Waals surface area contributed by atoms with Crippen LogP contribution in [0.2, 0.25) is 0 Å². The smallest absolute Gasteiger partial charge is 0.123 e. The Morgan fingerprint density at radius 1 is 1.12 bits per heavy atom. The summed E-state index contributed by atoms with van der Waals surface area (Å²) in [5.41, 5.74) is 1.75. The van der Waals surface area contributed by atoms with Gasteiger partial charge in [-0.15, -0.1) is 0 Å².